The van der Waals surface area contributed by atoms with Gasteiger partial charge >= 0.3 is 0 Å². The lowest BCUT2D eigenvalue weighted by Gasteiger charge is -2.45. The van der Waals surface area contributed by atoms with E-state index in [1.165, 1.54) is 148 Å². The molecular formula is C70H79BN2S. The molecule has 0 bridgehead atoms. The van der Waals surface area contributed by atoms with Crippen molar-refractivity contribution in [2.24, 2.45) is 0 Å². The van der Waals surface area contributed by atoms with Gasteiger partial charge in [-0.2, -0.15) is 0 Å². The Morgan fingerprint density at radius 3 is 1.59 bits per heavy atom. The highest BCUT2D eigenvalue weighted by molar-refractivity contribution is 7.33. The minimum atomic E-state index is -0.134. The standard InChI is InChI=1S/C70H79BN2S/c1-66(2,3)49-29-24-45(25-30-49)46-26-33-54(34-27-46)72-59-37-32-51(68(7,8)9)40-57(59)71-63-60(72)41-53(70(13,14)15)42-61(63)73(64-55-35-31-52(69(10,11)12)43-62(55)74-65(64)71)58-36-28-47(44-20-17-16-18-21-44)39-56(58)48-22-19-23-50(38-48)67(4,5)6/h19,22-44H,16-18,20-21H2,1-15H3. The zero-order valence-corrected chi connectivity index (χ0v) is 48.1. The Hall–Kier alpha value is -5.84. The van der Waals surface area contributed by atoms with E-state index in [1.54, 1.807) is 0 Å². The third-order valence-electron chi connectivity index (χ3n) is 16.8. The Bertz CT molecular complexity index is 3440. The van der Waals surface area contributed by atoms with Crippen LogP contribution < -0.4 is 25.5 Å². The monoisotopic (exact) mass is 991 g/mol. The zero-order valence-electron chi connectivity index (χ0n) is 47.3. The highest BCUT2D eigenvalue weighted by Gasteiger charge is 2.47. The van der Waals surface area contributed by atoms with Crippen LogP contribution in [0.1, 0.15) is 175 Å². The van der Waals surface area contributed by atoms with Crippen molar-refractivity contribution in [1.29, 1.82) is 0 Å². The molecule has 1 aliphatic carbocycles. The molecule has 1 fully saturated rings. The Morgan fingerprint density at radius 2 is 0.973 bits per heavy atom. The molecule has 11 rings (SSSR count). The number of hydrogen-bond donors (Lipinski definition) is 0. The molecule has 0 saturated heterocycles. The molecule has 1 aromatic heterocycles. The second-order valence-electron chi connectivity index (χ2n) is 27.4. The summed E-state index contributed by atoms with van der Waals surface area (Å²) in [6.45, 7) is 35.3. The van der Waals surface area contributed by atoms with Crippen molar-refractivity contribution in [3.05, 3.63) is 173 Å². The molecule has 0 spiro atoms. The van der Waals surface area contributed by atoms with Gasteiger partial charge in [-0.15, -0.1) is 11.3 Å². The molecule has 3 aliphatic rings. The van der Waals surface area contributed by atoms with E-state index in [9.17, 15) is 0 Å². The third kappa shape index (κ3) is 8.95. The molecule has 0 amide bonds. The predicted molar refractivity (Wildman–Crippen MR) is 326 cm³/mol. The first kappa shape index (κ1) is 50.3. The van der Waals surface area contributed by atoms with Crippen molar-refractivity contribution >= 4 is 78.0 Å². The molecule has 0 unspecified atom stereocenters. The maximum absolute atomic E-state index is 2.75. The van der Waals surface area contributed by atoms with Crippen LogP contribution >= 0.6 is 11.3 Å². The van der Waals surface area contributed by atoms with Crippen LogP contribution in [0, 0.1) is 0 Å². The summed E-state index contributed by atoms with van der Waals surface area (Å²) in [7, 11) is 0. The van der Waals surface area contributed by atoms with Crippen LogP contribution in [0.15, 0.2) is 140 Å². The van der Waals surface area contributed by atoms with Crippen molar-refractivity contribution in [1.82, 2.24) is 0 Å². The van der Waals surface area contributed by atoms with Crippen LogP contribution in [0.25, 0.3) is 32.3 Å². The molecular weight excluding hydrogens is 912 g/mol. The van der Waals surface area contributed by atoms with E-state index in [0.717, 1.165) is 0 Å². The molecule has 378 valence electrons. The van der Waals surface area contributed by atoms with Crippen LogP contribution in [-0.2, 0) is 27.1 Å². The van der Waals surface area contributed by atoms with Crippen LogP contribution in [0.3, 0.4) is 0 Å². The third-order valence-corrected chi connectivity index (χ3v) is 18.1. The van der Waals surface area contributed by atoms with E-state index in [4.69, 9.17) is 0 Å². The molecule has 0 radical (unpaired) electrons. The van der Waals surface area contributed by atoms with E-state index in [1.807, 2.05) is 11.3 Å². The van der Waals surface area contributed by atoms with Crippen LogP contribution in [0.2, 0.25) is 0 Å². The van der Waals surface area contributed by atoms with E-state index in [-0.39, 0.29) is 33.8 Å². The van der Waals surface area contributed by atoms with E-state index < -0.39 is 0 Å². The number of benzene rings is 7. The first-order valence-corrected chi connectivity index (χ1v) is 28.6. The lowest BCUT2D eigenvalue weighted by Crippen LogP contribution is -2.60. The molecule has 8 aromatic rings. The average Bonchev–Trinajstić information content (AvgIpc) is 3.75. The lowest BCUT2D eigenvalue weighted by atomic mass is 9.36. The predicted octanol–water partition coefficient (Wildman–Crippen LogP) is 18.9. The van der Waals surface area contributed by atoms with Gasteiger partial charge < -0.3 is 9.80 Å². The van der Waals surface area contributed by atoms with Crippen molar-refractivity contribution in [3.8, 4) is 22.3 Å². The molecule has 0 N–H and O–H groups in total. The first-order chi connectivity index (χ1) is 34.8. The highest BCUT2D eigenvalue weighted by Crippen LogP contribution is 2.52. The molecule has 3 heterocycles. The SMILES string of the molecule is CC(C)(C)c1ccc(-c2ccc(N3c4ccc(C(C)(C)C)cc4B4c5sc6cc(C(C)(C)C)ccc6c5N(c5ccc(C6CCCCC6)cc5-c5cccc(C(C)(C)C)c5)c5cc(C(C)(C)C)cc3c54)cc2)cc1. The topological polar surface area (TPSA) is 6.48 Å². The van der Waals surface area contributed by atoms with E-state index >= 15 is 0 Å². The molecule has 74 heavy (non-hydrogen) atoms. The number of rotatable bonds is 5. The van der Waals surface area contributed by atoms with Gasteiger partial charge in [-0.05, 0) is 155 Å². The van der Waals surface area contributed by atoms with Gasteiger partial charge in [0.05, 0.1) is 11.4 Å². The molecule has 2 nitrogen and oxygen atoms in total. The van der Waals surface area contributed by atoms with E-state index in [2.05, 4.69) is 253 Å². The van der Waals surface area contributed by atoms with Gasteiger partial charge in [-0.3, -0.25) is 0 Å². The molecule has 0 atom stereocenters. The Labute approximate surface area is 449 Å². The van der Waals surface area contributed by atoms with Gasteiger partial charge in [-0.25, -0.2) is 0 Å². The van der Waals surface area contributed by atoms with Gasteiger partial charge in [0.2, 0.25) is 0 Å². The maximum atomic E-state index is 2.75. The number of fused-ring (bicyclic) bond motifs is 6. The largest absolute Gasteiger partial charge is 0.311 e. The summed E-state index contributed by atoms with van der Waals surface area (Å²) in [5.74, 6) is 0.578. The zero-order chi connectivity index (χ0) is 52.4. The fraction of sp³-hybridized carbons (Fsp3) is 0.371. The summed E-state index contributed by atoms with van der Waals surface area (Å²) >= 11 is 2.03. The highest BCUT2D eigenvalue weighted by atomic mass is 32.1. The summed E-state index contributed by atoms with van der Waals surface area (Å²) in [5.41, 5.74) is 23.7. The summed E-state index contributed by atoms with van der Waals surface area (Å²) in [4.78, 5) is 5.37. The average molecular weight is 991 g/mol. The van der Waals surface area contributed by atoms with Crippen molar-refractivity contribution in [3.63, 3.8) is 0 Å². The molecule has 7 aromatic carbocycles. The maximum Gasteiger partial charge on any atom is 0.264 e. The number of anilines is 6. The Kier molecular flexibility index (Phi) is 12.2. The van der Waals surface area contributed by atoms with Crippen LogP contribution in [0.5, 0.6) is 0 Å². The smallest absolute Gasteiger partial charge is 0.264 e. The van der Waals surface area contributed by atoms with Crippen molar-refractivity contribution in [2.75, 3.05) is 9.80 Å². The summed E-state index contributed by atoms with van der Waals surface area (Å²) in [6.07, 6.45) is 6.49. The fourth-order valence-corrected chi connectivity index (χ4v) is 13.5. The number of nitrogens with zero attached hydrogens (tertiary/aromatic N) is 2. The quantitative estimate of drug-likeness (QED) is 0.159. The minimum absolute atomic E-state index is 0.00888. The van der Waals surface area contributed by atoms with Gasteiger partial charge in [-0.1, -0.05) is 214 Å². The van der Waals surface area contributed by atoms with Gasteiger partial charge in [0.25, 0.3) is 6.71 Å². The first-order valence-electron chi connectivity index (χ1n) is 27.8. The summed E-state index contributed by atoms with van der Waals surface area (Å²) in [5, 5.41) is 1.33. The molecule has 4 heteroatoms. The van der Waals surface area contributed by atoms with E-state index in [0.29, 0.717) is 5.92 Å². The van der Waals surface area contributed by atoms with Crippen LogP contribution in [0.4, 0.5) is 34.1 Å². The second-order valence-corrected chi connectivity index (χ2v) is 28.5. The van der Waals surface area contributed by atoms with Gasteiger partial charge in [0.1, 0.15) is 0 Å². The summed E-state index contributed by atoms with van der Waals surface area (Å²) < 4.78 is 2.78. The van der Waals surface area contributed by atoms with Crippen LogP contribution in [-0.4, -0.2) is 6.71 Å². The molecule has 1 saturated carbocycles. The number of thiophene rings is 1. The van der Waals surface area contributed by atoms with Crippen molar-refractivity contribution in [2.45, 2.75) is 169 Å². The van der Waals surface area contributed by atoms with Gasteiger partial charge in [0, 0.05) is 43.2 Å². The normalized spacial score (nSPS) is 15.4. The lowest BCUT2D eigenvalue weighted by molar-refractivity contribution is 0.444. The van der Waals surface area contributed by atoms with Gasteiger partial charge in [0.15, 0.2) is 0 Å². The number of hydrogen-bond acceptors (Lipinski definition) is 3. The fourth-order valence-electron chi connectivity index (χ4n) is 12.2. The minimum Gasteiger partial charge on any atom is -0.311 e. The Balaban J connectivity index is 1.22. The molecule has 2 aliphatic heterocycles. The van der Waals surface area contributed by atoms with Crippen molar-refractivity contribution < 1.29 is 0 Å². The summed E-state index contributed by atoms with van der Waals surface area (Å²) in [6, 6.07) is 55.7. The Morgan fingerprint density at radius 1 is 0.432 bits per heavy atom. The second kappa shape index (κ2) is 17.9.